The maximum absolute atomic E-state index is 12.3. The lowest BCUT2D eigenvalue weighted by atomic mass is 10.2. The van der Waals surface area contributed by atoms with Gasteiger partial charge in [-0.2, -0.15) is 0 Å². The van der Waals surface area contributed by atoms with Crippen LogP contribution in [0.15, 0.2) is 12.3 Å². The van der Waals surface area contributed by atoms with Gasteiger partial charge in [-0.25, -0.2) is 13.4 Å². The van der Waals surface area contributed by atoms with Crippen molar-refractivity contribution < 1.29 is 18.1 Å². The third-order valence-corrected chi connectivity index (χ3v) is 5.39. The van der Waals surface area contributed by atoms with E-state index in [1.165, 1.54) is 11.9 Å². The summed E-state index contributed by atoms with van der Waals surface area (Å²) in [6, 6.07) is 0.579. The SMILES string of the molecule is CN(C(=O)c1cc([N+](=O)[O-])cnc1Cl)C1CCS(=O)(=O)C1. The predicted molar refractivity (Wildman–Crippen MR) is 75.1 cm³/mol. The minimum absolute atomic E-state index is 0.0240. The van der Waals surface area contributed by atoms with E-state index in [0.717, 1.165) is 12.3 Å². The highest BCUT2D eigenvalue weighted by atomic mass is 35.5. The van der Waals surface area contributed by atoms with Crippen LogP contribution in [0.2, 0.25) is 5.15 Å². The number of rotatable bonds is 3. The average Bonchev–Trinajstić information content (AvgIpc) is 2.77. The van der Waals surface area contributed by atoms with Gasteiger partial charge in [0.05, 0.1) is 22.0 Å². The van der Waals surface area contributed by atoms with Crippen LogP contribution in [0.4, 0.5) is 5.69 Å². The van der Waals surface area contributed by atoms with E-state index in [4.69, 9.17) is 11.6 Å². The Labute approximate surface area is 125 Å². The smallest absolute Gasteiger partial charge is 0.288 e. The van der Waals surface area contributed by atoms with Crippen molar-refractivity contribution >= 4 is 33.0 Å². The summed E-state index contributed by atoms with van der Waals surface area (Å²) in [5.74, 6) is -0.677. The molecule has 0 aromatic carbocycles. The van der Waals surface area contributed by atoms with Gasteiger partial charge in [0, 0.05) is 19.2 Å². The first kappa shape index (κ1) is 15.6. The molecule has 1 atom stereocenters. The zero-order chi connectivity index (χ0) is 15.8. The fourth-order valence-electron chi connectivity index (χ4n) is 2.12. The molecule has 8 nitrogen and oxygen atoms in total. The predicted octanol–water partition coefficient (Wildman–Crippen LogP) is 0.902. The van der Waals surface area contributed by atoms with E-state index >= 15 is 0 Å². The highest BCUT2D eigenvalue weighted by molar-refractivity contribution is 7.91. The molecule has 1 saturated heterocycles. The minimum atomic E-state index is -3.14. The van der Waals surface area contributed by atoms with Gasteiger partial charge in [-0.05, 0) is 6.42 Å². The summed E-state index contributed by atoms with van der Waals surface area (Å²) in [4.78, 5) is 27.2. The number of halogens is 1. The van der Waals surface area contributed by atoms with Crippen LogP contribution in [-0.4, -0.2) is 53.7 Å². The van der Waals surface area contributed by atoms with Gasteiger partial charge in [-0.3, -0.25) is 14.9 Å². The molecule has 1 aromatic heterocycles. The Morgan fingerprint density at radius 2 is 2.24 bits per heavy atom. The molecule has 1 fully saturated rings. The lowest BCUT2D eigenvalue weighted by molar-refractivity contribution is -0.385. The van der Waals surface area contributed by atoms with E-state index in [1.54, 1.807) is 0 Å². The molecule has 0 bridgehead atoms. The van der Waals surface area contributed by atoms with Crippen molar-refractivity contribution in [3.8, 4) is 0 Å². The molecule has 1 amide bonds. The highest BCUT2D eigenvalue weighted by Crippen LogP contribution is 2.23. The van der Waals surface area contributed by atoms with E-state index in [2.05, 4.69) is 4.98 Å². The molecule has 1 aromatic rings. The number of nitro groups is 1. The average molecular weight is 334 g/mol. The number of hydrogen-bond acceptors (Lipinski definition) is 6. The van der Waals surface area contributed by atoms with Crippen molar-refractivity contribution in [2.75, 3.05) is 18.6 Å². The number of aromatic nitrogens is 1. The molecule has 0 spiro atoms. The van der Waals surface area contributed by atoms with E-state index in [9.17, 15) is 23.3 Å². The van der Waals surface area contributed by atoms with E-state index in [1.807, 2.05) is 0 Å². The van der Waals surface area contributed by atoms with Crippen molar-refractivity contribution in [3.05, 3.63) is 33.1 Å². The Hall–Kier alpha value is -1.74. The van der Waals surface area contributed by atoms with Gasteiger partial charge in [0.2, 0.25) is 0 Å². The Kier molecular flexibility index (Phi) is 4.15. The highest BCUT2D eigenvalue weighted by Gasteiger charge is 2.34. The van der Waals surface area contributed by atoms with Crippen LogP contribution < -0.4 is 0 Å². The van der Waals surface area contributed by atoms with Gasteiger partial charge in [0.1, 0.15) is 11.3 Å². The summed E-state index contributed by atoms with van der Waals surface area (Å²) in [7, 11) is -1.69. The largest absolute Gasteiger partial charge is 0.338 e. The second-order valence-corrected chi connectivity index (χ2v) is 7.35. The number of sulfone groups is 1. The molecular formula is C11H12ClN3O5S. The molecule has 2 rings (SSSR count). The number of nitrogens with zero attached hydrogens (tertiary/aromatic N) is 3. The van der Waals surface area contributed by atoms with Crippen LogP contribution in [0, 0.1) is 10.1 Å². The summed E-state index contributed by atoms with van der Waals surface area (Å²) in [5.41, 5.74) is -0.465. The Morgan fingerprint density at radius 1 is 1.57 bits per heavy atom. The molecule has 114 valence electrons. The third-order valence-electron chi connectivity index (χ3n) is 3.34. The molecule has 0 aliphatic carbocycles. The van der Waals surface area contributed by atoms with E-state index in [-0.39, 0.29) is 27.9 Å². The molecule has 2 heterocycles. The van der Waals surface area contributed by atoms with Crippen molar-refractivity contribution in [3.63, 3.8) is 0 Å². The first-order valence-corrected chi connectivity index (χ1v) is 8.19. The van der Waals surface area contributed by atoms with Crippen LogP contribution in [0.3, 0.4) is 0 Å². The zero-order valence-corrected chi connectivity index (χ0v) is 12.6. The van der Waals surface area contributed by atoms with Crippen molar-refractivity contribution in [2.24, 2.45) is 0 Å². The quantitative estimate of drug-likeness (QED) is 0.461. The van der Waals surface area contributed by atoms with Gasteiger partial charge >= 0.3 is 0 Å². The Morgan fingerprint density at radius 3 is 2.76 bits per heavy atom. The van der Waals surface area contributed by atoms with E-state index < -0.39 is 26.7 Å². The second-order valence-electron chi connectivity index (χ2n) is 4.76. The summed E-state index contributed by atoms with van der Waals surface area (Å²) in [6.07, 6.45) is 1.30. The molecule has 0 radical (unpaired) electrons. The maximum Gasteiger partial charge on any atom is 0.288 e. The monoisotopic (exact) mass is 333 g/mol. The van der Waals surface area contributed by atoms with Crippen LogP contribution in [-0.2, 0) is 9.84 Å². The third kappa shape index (κ3) is 3.30. The molecule has 0 saturated carbocycles. The number of carbonyl (C=O) groups is 1. The van der Waals surface area contributed by atoms with Crippen LogP contribution >= 0.6 is 11.6 Å². The van der Waals surface area contributed by atoms with Gasteiger partial charge in [-0.1, -0.05) is 11.6 Å². The first-order chi connectivity index (χ1) is 9.71. The van der Waals surface area contributed by atoms with Crippen LogP contribution in [0.5, 0.6) is 0 Å². The molecule has 0 N–H and O–H groups in total. The summed E-state index contributed by atoms with van der Waals surface area (Å²) in [5, 5.41) is 10.6. The summed E-state index contributed by atoms with van der Waals surface area (Å²) < 4.78 is 22.9. The topological polar surface area (TPSA) is 110 Å². The Balaban J connectivity index is 2.27. The molecular weight excluding hydrogens is 322 g/mol. The number of pyridine rings is 1. The minimum Gasteiger partial charge on any atom is -0.338 e. The van der Waals surface area contributed by atoms with Crippen molar-refractivity contribution in [1.29, 1.82) is 0 Å². The molecule has 21 heavy (non-hydrogen) atoms. The van der Waals surface area contributed by atoms with E-state index in [0.29, 0.717) is 6.42 Å². The molecule has 10 heteroatoms. The Bertz CT molecular complexity index is 706. The number of hydrogen-bond donors (Lipinski definition) is 0. The molecule has 1 aliphatic heterocycles. The van der Waals surface area contributed by atoms with Gasteiger partial charge in [0.25, 0.3) is 11.6 Å². The normalized spacial score (nSPS) is 20.2. The molecule has 1 unspecified atom stereocenters. The van der Waals surface area contributed by atoms with Crippen LogP contribution in [0.25, 0.3) is 0 Å². The van der Waals surface area contributed by atoms with Gasteiger partial charge in [0.15, 0.2) is 9.84 Å². The lowest BCUT2D eigenvalue weighted by Crippen LogP contribution is -2.38. The fraction of sp³-hybridized carbons (Fsp3) is 0.455. The van der Waals surface area contributed by atoms with Gasteiger partial charge in [-0.15, -0.1) is 0 Å². The first-order valence-electron chi connectivity index (χ1n) is 5.99. The summed E-state index contributed by atoms with van der Waals surface area (Å²) >= 11 is 5.80. The fourth-order valence-corrected chi connectivity index (χ4v) is 4.08. The number of amides is 1. The maximum atomic E-state index is 12.3. The van der Waals surface area contributed by atoms with Crippen LogP contribution in [0.1, 0.15) is 16.8 Å². The van der Waals surface area contributed by atoms with Crippen molar-refractivity contribution in [2.45, 2.75) is 12.5 Å². The standard InChI is InChI=1S/C11H12ClN3O5S/c1-14(7-2-3-21(19,20)6-7)11(16)9-4-8(15(17)18)5-13-10(9)12/h4-5,7H,2-3,6H2,1H3. The zero-order valence-electron chi connectivity index (χ0n) is 11.0. The molecule has 1 aliphatic rings. The second kappa shape index (κ2) is 5.57. The van der Waals surface area contributed by atoms with Crippen molar-refractivity contribution in [1.82, 2.24) is 9.88 Å². The lowest BCUT2D eigenvalue weighted by Gasteiger charge is -2.23. The number of carbonyl (C=O) groups excluding carboxylic acids is 1. The summed E-state index contributed by atoms with van der Waals surface area (Å²) in [6.45, 7) is 0. The van der Waals surface area contributed by atoms with Gasteiger partial charge < -0.3 is 4.90 Å².